The Morgan fingerprint density at radius 1 is 0.871 bits per heavy atom. The quantitative estimate of drug-likeness (QED) is 0.295. The monoisotopic (exact) mass is 549 g/mol. The first-order valence-electron chi connectivity index (χ1n) is 11.5. The van der Waals surface area contributed by atoms with E-state index in [1.807, 2.05) is 16.8 Å². The van der Waals surface area contributed by atoms with E-state index in [9.17, 15) is 9.59 Å². The Hall–Kier alpha value is -1.14. The van der Waals surface area contributed by atoms with E-state index in [4.69, 9.17) is 0 Å². The molecule has 3 fully saturated rings. The summed E-state index contributed by atoms with van der Waals surface area (Å²) in [5.74, 6) is 1.40. The van der Waals surface area contributed by atoms with Crippen LogP contribution in [-0.2, 0) is 9.59 Å². The number of likely N-dealkylation sites (tertiary alicyclic amines) is 1. The van der Waals surface area contributed by atoms with Gasteiger partial charge in [-0.1, -0.05) is 0 Å². The van der Waals surface area contributed by atoms with Crippen molar-refractivity contribution < 1.29 is 9.59 Å². The van der Waals surface area contributed by atoms with Crippen LogP contribution < -0.4 is 5.32 Å². The summed E-state index contributed by atoms with van der Waals surface area (Å²) in [5, 5.41) is 3.49. The van der Waals surface area contributed by atoms with E-state index in [1.54, 1.807) is 6.92 Å². The van der Waals surface area contributed by atoms with Gasteiger partial charge in [-0.15, -0.1) is 24.0 Å². The highest BCUT2D eigenvalue weighted by atomic mass is 127. The maximum Gasteiger partial charge on any atom is 0.239 e. The highest BCUT2D eigenvalue weighted by molar-refractivity contribution is 14.0. The number of rotatable bonds is 5. The van der Waals surface area contributed by atoms with Crippen LogP contribution in [-0.4, -0.2) is 134 Å². The maximum absolute atomic E-state index is 12.7. The zero-order valence-corrected chi connectivity index (χ0v) is 21.7. The van der Waals surface area contributed by atoms with Crippen LogP contribution in [0.2, 0.25) is 0 Å². The van der Waals surface area contributed by atoms with E-state index < -0.39 is 0 Å². The van der Waals surface area contributed by atoms with E-state index in [-0.39, 0.29) is 41.8 Å². The van der Waals surface area contributed by atoms with E-state index >= 15 is 0 Å². The molecule has 0 spiro atoms. The fourth-order valence-electron chi connectivity index (χ4n) is 4.62. The van der Waals surface area contributed by atoms with Gasteiger partial charge < -0.3 is 20.0 Å². The molecule has 3 heterocycles. The molecule has 178 valence electrons. The first-order chi connectivity index (χ1) is 14.5. The van der Waals surface area contributed by atoms with Crippen molar-refractivity contribution in [2.75, 3.05) is 85.6 Å². The van der Waals surface area contributed by atoms with Gasteiger partial charge >= 0.3 is 0 Å². The van der Waals surface area contributed by atoms with Gasteiger partial charge in [0.2, 0.25) is 11.8 Å². The van der Waals surface area contributed by atoms with Gasteiger partial charge in [0, 0.05) is 92.5 Å². The summed E-state index contributed by atoms with van der Waals surface area (Å²) in [6, 6.07) is -0.0334. The van der Waals surface area contributed by atoms with Gasteiger partial charge in [0.15, 0.2) is 5.96 Å². The lowest BCUT2D eigenvalue weighted by Gasteiger charge is -2.40. The van der Waals surface area contributed by atoms with Gasteiger partial charge in [-0.3, -0.25) is 24.4 Å². The third-order valence-electron chi connectivity index (χ3n) is 6.68. The summed E-state index contributed by atoms with van der Waals surface area (Å²) in [5.41, 5.74) is 0. The first-order valence-corrected chi connectivity index (χ1v) is 11.5. The zero-order chi connectivity index (χ0) is 21.5. The lowest BCUT2D eigenvalue weighted by atomic mass is 10.2. The number of guanidine groups is 1. The van der Waals surface area contributed by atoms with Crippen LogP contribution in [0.4, 0.5) is 0 Å². The second-order valence-electron chi connectivity index (χ2n) is 8.55. The van der Waals surface area contributed by atoms with Crippen LogP contribution in [0.3, 0.4) is 0 Å². The third-order valence-corrected chi connectivity index (χ3v) is 6.68. The SMILES string of the molecule is CN=C(NCCN1CCN(C(C)=O)CC1)N1CCN(C(C)C(=O)N2CCCC2)CC1.I. The Kier molecular flexibility index (Phi) is 10.8. The van der Waals surface area contributed by atoms with Gasteiger partial charge in [-0.2, -0.15) is 0 Å². The van der Waals surface area contributed by atoms with Crippen molar-refractivity contribution in [3.05, 3.63) is 0 Å². The first kappa shape index (κ1) is 26.1. The second-order valence-corrected chi connectivity index (χ2v) is 8.55. The van der Waals surface area contributed by atoms with Crippen molar-refractivity contribution in [1.29, 1.82) is 0 Å². The fraction of sp³-hybridized carbons (Fsp3) is 0.857. The number of hydrogen-bond acceptors (Lipinski definition) is 5. The Morgan fingerprint density at radius 2 is 1.45 bits per heavy atom. The largest absolute Gasteiger partial charge is 0.355 e. The van der Waals surface area contributed by atoms with Crippen LogP contribution in [0.1, 0.15) is 26.7 Å². The predicted octanol–water partition coefficient (Wildman–Crippen LogP) is -0.0276. The summed E-state index contributed by atoms with van der Waals surface area (Å²) in [4.78, 5) is 39.5. The van der Waals surface area contributed by atoms with Crippen LogP contribution in [0.5, 0.6) is 0 Å². The van der Waals surface area contributed by atoms with Crippen molar-refractivity contribution in [2.24, 2.45) is 4.99 Å². The lowest BCUT2D eigenvalue weighted by Crippen LogP contribution is -2.57. The predicted molar refractivity (Wildman–Crippen MR) is 134 cm³/mol. The van der Waals surface area contributed by atoms with Gasteiger partial charge in [0.05, 0.1) is 6.04 Å². The topological polar surface area (TPSA) is 74.7 Å². The number of carbonyl (C=O) groups excluding carboxylic acids is 2. The van der Waals surface area contributed by atoms with E-state index in [0.29, 0.717) is 0 Å². The molecule has 1 unspecified atom stereocenters. The molecule has 2 amide bonds. The van der Waals surface area contributed by atoms with E-state index in [1.165, 1.54) is 0 Å². The number of nitrogens with zero attached hydrogens (tertiary/aromatic N) is 6. The molecule has 0 aromatic heterocycles. The number of carbonyl (C=O) groups is 2. The highest BCUT2D eigenvalue weighted by Gasteiger charge is 2.30. The van der Waals surface area contributed by atoms with Gasteiger partial charge in [-0.25, -0.2) is 0 Å². The average molecular weight is 550 g/mol. The molecule has 9 nitrogen and oxygen atoms in total. The summed E-state index contributed by atoms with van der Waals surface area (Å²) in [7, 11) is 1.83. The van der Waals surface area contributed by atoms with Crippen LogP contribution in [0.15, 0.2) is 4.99 Å². The minimum absolute atomic E-state index is 0. The summed E-state index contributed by atoms with van der Waals surface area (Å²) < 4.78 is 0. The van der Waals surface area contributed by atoms with E-state index in [2.05, 4.69) is 31.9 Å². The molecule has 1 N–H and O–H groups in total. The van der Waals surface area contributed by atoms with Crippen LogP contribution >= 0.6 is 24.0 Å². The molecule has 0 bridgehead atoms. The van der Waals surface area contributed by atoms with Crippen molar-refractivity contribution in [1.82, 2.24) is 29.8 Å². The van der Waals surface area contributed by atoms with Gasteiger partial charge in [0.25, 0.3) is 0 Å². The third kappa shape index (κ3) is 7.18. The van der Waals surface area contributed by atoms with Gasteiger partial charge in [0.1, 0.15) is 0 Å². The molecule has 3 aliphatic rings. The molecule has 0 aromatic carbocycles. The number of nitrogens with one attached hydrogen (secondary N) is 1. The van der Waals surface area contributed by atoms with Crippen molar-refractivity contribution >= 4 is 41.8 Å². The fourth-order valence-corrected chi connectivity index (χ4v) is 4.62. The Balaban J connectivity index is 0.00000341. The second kappa shape index (κ2) is 12.8. The number of halogens is 1. The number of piperazine rings is 2. The van der Waals surface area contributed by atoms with E-state index in [0.717, 1.165) is 97.3 Å². The zero-order valence-electron chi connectivity index (χ0n) is 19.4. The van der Waals surface area contributed by atoms with Crippen molar-refractivity contribution in [3.63, 3.8) is 0 Å². The standard InChI is InChI=1S/C21H39N7O2.HI/c1-18(20(30)27-7-4-5-8-27)25-14-16-28(17-15-25)21(22-3)23-6-9-24-10-12-26(13-11-24)19(2)29;/h18H,4-17H2,1-3H3,(H,22,23);1H. The summed E-state index contributed by atoms with van der Waals surface area (Å²) in [6.07, 6.45) is 2.28. The Bertz CT molecular complexity index is 611. The van der Waals surface area contributed by atoms with Crippen LogP contribution in [0, 0.1) is 0 Å². The molecule has 3 saturated heterocycles. The minimum Gasteiger partial charge on any atom is -0.355 e. The molecule has 0 saturated carbocycles. The summed E-state index contributed by atoms with van der Waals surface area (Å²) >= 11 is 0. The van der Waals surface area contributed by atoms with Crippen molar-refractivity contribution in [2.45, 2.75) is 32.7 Å². The lowest BCUT2D eigenvalue weighted by molar-refractivity contribution is -0.135. The summed E-state index contributed by atoms with van der Waals surface area (Å²) in [6.45, 7) is 14.4. The smallest absolute Gasteiger partial charge is 0.239 e. The molecule has 0 aliphatic carbocycles. The molecule has 3 aliphatic heterocycles. The Morgan fingerprint density at radius 3 is 2.00 bits per heavy atom. The van der Waals surface area contributed by atoms with Gasteiger partial charge in [-0.05, 0) is 19.8 Å². The minimum atomic E-state index is -0.0334. The highest BCUT2D eigenvalue weighted by Crippen LogP contribution is 2.14. The number of amides is 2. The number of aliphatic imine (C=N–C) groups is 1. The molecular weight excluding hydrogens is 509 g/mol. The molecule has 3 rings (SSSR count). The average Bonchev–Trinajstić information content (AvgIpc) is 3.31. The molecule has 0 radical (unpaired) electrons. The maximum atomic E-state index is 12.7. The number of hydrogen-bond donors (Lipinski definition) is 1. The van der Waals surface area contributed by atoms with Crippen molar-refractivity contribution in [3.8, 4) is 0 Å². The molecule has 1 atom stereocenters. The normalized spacial score (nSPS) is 22.3. The molecular formula is C21H40IN7O2. The Labute approximate surface area is 204 Å². The van der Waals surface area contributed by atoms with Crippen LogP contribution in [0.25, 0.3) is 0 Å². The molecule has 0 aromatic rings. The molecule has 31 heavy (non-hydrogen) atoms. The molecule has 10 heteroatoms.